The second-order valence-corrected chi connectivity index (χ2v) is 20.6. The second-order valence-electron chi connectivity index (χ2n) is 20.6. The summed E-state index contributed by atoms with van der Waals surface area (Å²) in [4.78, 5) is 112. The number of nitrogens with two attached hydrogens (primary N) is 1. The summed E-state index contributed by atoms with van der Waals surface area (Å²) in [7, 11) is 0. The molecule has 0 saturated carbocycles. The minimum Gasteiger partial charge on any atom is -0.508 e. The van der Waals surface area contributed by atoms with Crippen LogP contribution in [0.3, 0.4) is 0 Å². The van der Waals surface area contributed by atoms with Crippen LogP contribution in [0.25, 0.3) is 0 Å². The molecule has 25 heteroatoms. The lowest BCUT2D eigenvalue weighted by Crippen LogP contribution is -2.64. The highest BCUT2D eigenvalue weighted by atomic mass is 16.3. The number of aliphatic hydroxyl groups excluding tert-OH is 8. The van der Waals surface area contributed by atoms with E-state index in [1.54, 1.807) is 0 Å². The third-order valence-electron chi connectivity index (χ3n) is 14.3. The molecule has 8 amide bonds. The average Bonchev–Trinajstić information content (AvgIpc) is 3.95. The number of unbranched alkanes of at least 4 members (excludes halogenated alkanes) is 5. The molecule has 3 aliphatic heterocycles. The summed E-state index contributed by atoms with van der Waals surface area (Å²) >= 11 is 0. The molecule has 0 bridgehead atoms. The largest absolute Gasteiger partial charge is 0.508 e. The van der Waals surface area contributed by atoms with Crippen LogP contribution in [0, 0.1) is 11.8 Å². The van der Waals surface area contributed by atoms with Crippen molar-refractivity contribution in [1.82, 2.24) is 36.4 Å². The molecule has 75 heavy (non-hydrogen) atoms. The van der Waals surface area contributed by atoms with Gasteiger partial charge in [0.1, 0.15) is 60.3 Å². The minimum absolute atomic E-state index is 0.0751. The van der Waals surface area contributed by atoms with Crippen LogP contribution in [-0.4, -0.2) is 195 Å². The van der Waals surface area contributed by atoms with E-state index in [0.717, 1.165) is 74.6 Å². The molecule has 16 atom stereocenters. The Labute approximate surface area is 436 Å². The maximum Gasteiger partial charge on any atom is 0.248 e. The van der Waals surface area contributed by atoms with Gasteiger partial charge < -0.3 is 88.1 Å². The van der Waals surface area contributed by atoms with E-state index in [1.165, 1.54) is 6.42 Å². The van der Waals surface area contributed by atoms with Crippen molar-refractivity contribution in [2.45, 2.75) is 203 Å². The second kappa shape index (κ2) is 29.1. The zero-order valence-corrected chi connectivity index (χ0v) is 43.1. The van der Waals surface area contributed by atoms with Gasteiger partial charge in [-0.05, 0) is 49.3 Å². The van der Waals surface area contributed by atoms with Gasteiger partial charge in [0.25, 0.3) is 0 Å². The Bertz CT molecular complexity index is 2100. The Hall–Kier alpha value is -5.54. The molecule has 1 aromatic carbocycles. The Balaban J connectivity index is 1.69. The predicted octanol–water partition coefficient (Wildman–Crippen LogP) is -3.34. The van der Waals surface area contributed by atoms with Gasteiger partial charge in [0.2, 0.25) is 47.3 Å². The number of carbonyl (C=O) groups is 8. The fourth-order valence-electron chi connectivity index (χ4n) is 9.77. The zero-order chi connectivity index (χ0) is 55.8. The summed E-state index contributed by atoms with van der Waals surface area (Å²) in [6.45, 7) is 6.57. The van der Waals surface area contributed by atoms with Gasteiger partial charge in [-0.3, -0.25) is 38.4 Å². The summed E-state index contributed by atoms with van der Waals surface area (Å²) < 4.78 is 0. The van der Waals surface area contributed by atoms with Crippen LogP contribution in [-0.2, 0) is 38.4 Å². The molecule has 3 heterocycles. The van der Waals surface area contributed by atoms with Crippen molar-refractivity contribution >= 4 is 47.3 Å². The highest BCUT2D eigenvalue weighted by Gasteiger charge is 2.48. The van der Waals surface area contributed by atoms with Gasteiger partial charge in [-0.25, -0.2) is 0 Å². The number of benzene rings is 1. The number of aromatic hydroxyl groups is 1. The molecule has 3 saturated heterocycles. The molecule has 0 spiro atoms. The van der Waals surface area contributed by atoms with Crippen LogP contribution >= 0.6 is 0 Å². The van der Waals surface area contributed by atoms with Crippen LogP contribution in [0.4, 0.5) is 0 Å². The van der Waals surface area contributed by atoms with E-state index in [2.05, 4.69) is 47.4 Å². The van der Waals surface area contributed by atoms with Gasteiger partial charge in [0.05, 0.1) is 30.8 Å². The van der Waals surface area contributed by atoms with Gasteiger partial charge >= 0.3 is 0 Å². The maximum absolute atomic E-state index is 14.4. The molecule has 0 aromatic heterocycles. The number of hydrogen-bond donors (Lipinski definition) is 15. The lowest BCUT2D eigenvalue weighted by molar-refractivity contribution is -0.148. The molecule has 0 radical (unpaired) electrons. The van der Waals surface area contributed by atoms with Crippen molar-refractivity contribution < 1.29 is 84.3 Å². The Kier molecular flexibility index (Phi) is 24.1. The monoisotopic (exact) mass is 1060 g/mol. The first-order valence-electron chi connectivity index (χ1n) is 26.0. The molecule has 25 nitrogen and oxygen atoms in total. The summed E-state index contributed by atoms with van der Waals surface area (Å²) in [5, 5.41) is 110. The van der Waals surface area contributed by atoms with E-state index in [0.29, 0.717) is 29.6 Å². The maximum atomic E-state index is 14.4. The number of primary amides is 1. The summed E-state index contributed by atoms with van der Waals surface area (Å²) in [5.74, 6) is -8.48. The number of fused-ring (bicyclic) bond motifs is 2. The van der Waals surface area contributed by atoms with E-state index >= 15 is 0 Å². The third-order valence-corrected chi connectivity index (χ3v) is 14.3. The zero-order valence-electron chi connectivity index (χ0n) is 43.1. The SMILES string of the molecule is CC[C@H](C)C[C@H](C)CCCCCCCCC(=O)N[C@H]1C[C@@H](O)[C@@H](O)NC(=O)[C@@H]2C[C@@H](O)CN2C(=O)[C@H]([C@H](O)CC(N)=O)NC(=O)[C@H]([C@H](O)[C@@H](O)c2ccc(O)cc2)NC(=O)C2C[C@@H](O)CN2C(=O)[C@H]([C@@H](C)O)NC1=O. The van der Waals surface area contributed by atoms with Crippen molar-refractivity contribution in [3.63, 3.8) is 0 Å². The number of nitrogens with zero attached hydrogens (tertiary/aromatic N) is 2. The average molecular weight is 1070 g/mol. The molecule has 1 aromatic rings. The molecular weight excluding hydrogens is 985 g/mol. The van der Waals surface area contributed by atoms with Crippen LogP contribution in [0.15, 0.2) is 24.3 Å². The van der Waals surface area contributed by atoms with Crippen molar-refractivity contribution in [2.75, 3.05) is 13.1 Å². The van der Waals surface area contributed by atoms with Crippen LogP contribution in [0.2, 0.25) is 0 Å². The first-order valence-corrected chi connectivity index (χ1v) is 26.0. The number of rotatable bonds is 20. The van der Waals surface area contributed by atoms with E-state index < -0.39 is 171 Å². The van der Waals surface area contributed by atoms with Gasteiger partial charge in [-0.1, -0.05) is 77.8 Å². The molecule has 1 unspecified atom stereocenters. The van der Waals surface area contributed by atoms with Gasteiger partial charge in [-0.2, -0.15) is 0 Å². The number of phenols is 1. The van der Waals surface area contributed by atoms with Crippen molar-refractivity contribution in [3.8, 4) is 5.75 Å². The molecule has 422 valence electrons. The molecule has 0 aliphatic carbocycles. The minimum atomic E-state index is -2.36. The van der Waals surface area contributed by atoms with Crippen LogP contribution < -0.4 is 32.3 Å². The van der Waals surface area contributed by atoms with Gasteiger partial charge in [0.15, 0.2) is 6.23 Å². The number of nitrogens with one attached hydrogen (secondary N) is 5. The van der Waals surface area contributed by atoms with Crippen LogP contribution in [0.5, 0.6) is 5.75 Å². The smallest absolute Gasteiger partial charge is 0.248 e. The quantitative estimate of drug-likeness (QED) is 0.0568. The Morgan fingerprint density at radius 3 is 1.76 bits per heavy atom. The molecule has 16 N–H and O–H groups in total. The first-order chi connectivity index (χ1) is 35.3. The highest BCUT2D eigenvalue weighted by molar-refractivity contribution is 5.98. The number of aliphatic hydroxyl groups is 8. The fraction of sp³-hybridized carbons (Fsp3) is 0.720. The summed E-state index contributed by atoms with van der Waals surface area (Å²) in [6, 6.07) is -7.16. The standard InChI is InChI=1S/C50H80N8O17/c1-5-25(2)18-26(3)12-10-8-6-7-9-11-13-38(66)52-32-21-36(64)47(72)56-46(71)34-20-31(62)24-58(34)50(75)40(35(63)22-37(51)65)54-48(73)41(43(68)42(67)28-14-16-29(60)17-15-28)55-45(70)33-19-30(61)23-57(33)49(74)39(27(4)59)53-44(32)69/h14-17,25-27,30-36,39-43,47,59-64,67-68,72H,5-13,18-24H2,1-4H3,(H2,51,65)(H,52,66)(H,53,69)(H,54,73)(H,55,70)(H,56,71)/t25-,26+,27+,30+,31+,32-,33?,34-,35+,36+,39-,40-,41-,42-,43-,47+/m0/s1. The lowest BCUT2D eigenvalue weighted by atomic mass is 9.91. The number of phenolic OH excluding ortho intramolecular Hbond substituents is 1. The lowest BCUT2D eigenvalue weighted by Gasteiger charge is -2.34. The number of amides is 8. The molecule has 3 fully saturated rings. The van der Waals surface area contributed by atoms with E-state index in [1.807, 2.05) is 0 Å². The van der Waals surface area contributed by atoms with Gasteiger partial charge in [0, 0.05) is 38.8 Å². The van der Waals surface area contributed by atoms with Crippen molar-refractivity contribution in [1.29, 1.82) is 0 Å². The molecule has 4 rings (SSSR count). The van der Waals surface area contributed by atoms with E-state index in [-0.39, 0.29) is 17.7 Å². The summed E-state index contributed by atoms with van der Waals surface area (Å²) in [6.07, 6.45) is -10.0. The Morgan fingerprint density at radius 1 is 0.680 bits per heavy atom. The normalized spacial score (nSPS) is 29.0. The molecular formula is C50H80N8O17. The van der Waals surface area contributed by atoms with E-state index in [4.69, 9.17) is 5.73 Å². The van der Waals surface area contributed by atoms with E-state index in [9.17, 15) is 84.3 Å². The van der Waals surface area contributed by atoms with Gasteiger partial charge in [-0.15, -0.1) is 0 Å². The Morgan fingerprint density at radius 2 is 1.20 bits per heavy atom. The number of hydrogen-bond acceptors (Lipinski definition) is 17. The highest BCUT2D eigenvalue weighted by Crippen LogP contribution is 2.27. The van der Waals surface area contributed by atoms with Crippen molar-refractivity contribution in [2.24, 2.45) is 17.6 Å². The summed E-state index contributed by atoms with van der Waals surface area (Å²) in [5.41, 5.74) is 5.21. The number of carbonyl (C=O) groups excluding carboxylic acids is 8. The third kappa shape index (κ3) is 18.0. The molecule has 3 aliphatic rings. The van der Waals surface area contributed by atoms with Crippen molar-refractivity contribution in [3.05, 3.63) is 29.8 Å². The predicted molar refractivity (Wildman–Crippen MR) is 265 cm³/mol. The first kappa shape index (κ1) is 62.0. The van der Waals surface area contributed by atoms with Crippen LogP contribution in [0.1, 0.15) is 129 Å². The topological polar surface area (TPSA) is 411 Å². The fourth-order valence-corrected chi connectivity index (χ4v) is 9.77.